The van der Waals surface area contributed by atoms with Crippen LogP contribution in [0.4, 0.5) is 14.9 Å². The van der Waals surface area contributed by atoms with Crippen LogP contribution in [-0.4, -0.2) is 34.7 Å². The molecule has 0 spiro atoms. The van der Waals surface area contributed by atoms with Crippen LogP contribution in [0.25, 0.3) is 11.8 Å². The van der Waals surface area contributed by atoms with Gasteiger partial charge in [-0.05, 0) is 71.9 Å². The molecule has 0 N–H and O–H groups in total. The maximum Gasteiger partial charge on any atom is 0.293 e. The third-order valence-electron chi connectivity index (χ3n) is 4.83. The van der Waals surface area contributed by atoms with E-state index in [0.717, 1.165) is 28.8 Å². The summed E-state index contributed by atoms with van der Waals surface area (Å²) in [6.45, 7) is 0.120. The summed E-state index contributed by atoms with van der Waals surface area (Å²) in [6.07, 6.45) is 3.65. The molecule has 0 unspecified atom stereocenters. The Kier molecular flexibility index (Phi) is 5.46. The van der Waals surface area contributed by atoms with Crippen LogP contribution in [0, 0.1) is 5.82 Å². The monoisotopic (exact) mass is 421 g/mol. The van der Waals surface area contributed by atoms with Crippen LogP contribution < -0.4 is 4.90 Å². The first-order valence-corrected chi connectivity index (χ1v) is 10.2. The number of hydrogen-bond donors (Lipinski definition) is 0. The van der Waals surface area contributed by atoms with Gasteiger partial charge in [-0.1, -0.05) is 12.1 Å². The Hall–Kier alpha value is -3.32. The zero-order valence-electron chi connectivity index (χ0n) is 16.6. The summed E-state index contributed by atoms with van der Waals surface area (Å²) in [4.78, 5) is 28.8. The largest absolute Gasteiger partial charge is 0.378 e. The van der Waals surface area contributed by atoms with Gasteiger partial charge < -0.3 is 9.47 Å². The molecule has 0 radical (unpaired) electrons. The van der Waals surface area contributed by atoms with E-state index < -0.39 is 0 Å². The van der Waals surface area contributed by atoms with E-state index in [1.54, 1.807) is 18.2 Å². The predicted octanol–water partition coefficient (Wildman–Crippen LogP) is 4.92. The fraction of sp³-hybridized carbons (Fsp3) is 0.130. The highest BCUT2D eigenvalue weighted by atomic mass is 32.2. The number of aromatic nitrogens is 1. The smallest absolute Gasteiger partial charge is 0.293 e. The van der Waals surface area contributed by atoms with Gasteiger partial charge in [-0.2, -0.15) is 0 Å². The predicted molar refractivity (Wildman–Crippen MR) is 118 cm³/mol. The molecule has 0 saturated carbocycles. The molecular formula is C23H20FN3O2S. The fourth-order valence-corrected chi connectivity index (χ4v) is 4.02. The van der Waals surface area contributed by atoms with Gasteiger partial charge in [0.25, 0.3) is 11.1 Å². The van der Waals surface area contributed by atoms with Gasteiger partial charge in [-0.15, -0.1) is 0 Å². The summed E-state index contributed by atoms with van der Waals surface area (Å²) in [5.74, 6) is -0.697. The summed E-state index contributed by atoms with van der Waals surface area (Å²) in [5.41, 5.74) is 3.56. The maximum absolute atomic E-state index is 13.1. The topological polar surface area (TPSA) is 45.6 Å². The molecular weight excluding hydrogens is 401 g/mol. The van der Waals surface area contributed by atoms with Crippen molar-refractivity contribution in [1.29, 1.82) is 0 Å². The highest BCUT2D eigenvalue weighted by Gasteiger charge is 2.35. The standard InChI is InChI=1S/C23H20FN3O2S/c1-25(2)18-9-11-19(12-10-18)26-13-3-4-20(26)14-21-22(28)27(23(29)30-21)15-16-5-7-17(24)8-6-16/h3-14H,15H2,1-2H3/b21-14-. The normalized spacial score (nSPS) is 15.3. The molecule has 7 heteroatoms. The maximum atomic E-state index is 13.1. The molecule has 2 aromatic carbocycles. The van der Waals surface area contributed by atoms with Crippen molar-refractivity contribution in [3.8, 4) is 5.69 Å². The number of imide groups is 1. The quantitative estimate of drug-likeness (QED) is 0.549. The minimum absolute atomic E-state index is 0.120. The van der Waals surface area contributed by atoms with Crippen molar-refractivity contribution < 1.29 is 14.0 Å². The highest BCUT2D eigenvalue weighted by Crippen LogP contribution is 2.33. The summed E-state index contributed by atoms with van der Waals surface area (Å²) in [6, 6.07) is 17.6. The Morgan fingerprint density at radius 1 is 1.00 bits per heavy atom. The first-order chi connectivity index (χ1) is 14.4. The van der Waals surface area contributed by atoms with Gasteiger partial charge in [0, 0.05) is 37.4 Å². The molecule has 1 aromatic heterocycles. The van der Waals surface area contributed by atoms with Crippen LogP contribution >= 0.6 is 11.8 Å². The Morgan fingerprint density at radius 3 is 2.37 bits per heavy atom. The lowest BCUT2D eigenvalue weighted by Crippen LogP contribution is -2.27. The van der Waals surface area contributed by atoms with E-state index in [9.17, 15) is 14.0 Å². The van der Waals surface area contributed by atoms with Gasteiger partial charge in [0.05, 0.1) is 11.4 Å². The van der Waals surface area contributed by atoms with E-state index in [1.807, 2.05) is 66.2 Å². The molecule has 1 aliphatic rings. The molecule has 2 heterocycles. The lowest BCUT2D eigenvalue weighted by molar-refractivity contribution is -0.123. The lowest BCUT2D eigenvalue weighted by atomic mass is 10.2. The highest BCUT2D eigenvalue weighted by molar-refractivity contribution is 8.18. The molecule has 0 atom stereocenters. The summed E-state index contributed by atoms with van der Waals surface area (Å²) < 4.78 is 15.1. The van der Waals surface area contributed by atoms with E-state index in [4.69, 9.17) is 0 Å². The Bertz CT molecular complexity index is 1120. The molecule has 1 fully saturated rings. The number of thioether (sulfide) groups is 1. The second-order valence-corrected chi connectivity index (χ2v) is 8.10. The fourth-order valence-electron chi connectivity index (χ4n) is 3.20. The van der Waals surface area contributed by atoms with Crippen molar-refractivity contribution in [2.24, 2.45) is 0 Å². The average Bonchev–Trinajstić information content (AvgIpc) is 3.30. The molecule has 152 valence electrons. The molecule has 2 amide bonds. The first kappa shape index (κ1) is 20.0. The molecule has 1 saturated heterocycles. The van der Waals surface area contributed by atoms with E-state index in [-0.39, 0.29) is 23.5 Å². The molecule has 3 aromatic rings. The van der Waals surface area contributed by atoms with E-state index >= 15 is 0 Å². The van der Waals surface area contributed by atoms with Crippen molar-refractivity contribution in [2.75, 3.05) is 19.0 Å². The van der Waals surface area contributed by atoms with E-state index in [1.165, 1.54) is 17.0 Å². The van der Waals surface area contributed by atoms with Crippen molar-refractivity contribution in [3.05, 3.63) is 88.8 Å². The van der Waals surface area contributed by atoms with Gasteiger partial charge in [-0.3, -0.25) is 14.5 Å². The number of rotatable bonds is 5. The van der Waals surface area contributed by atoms with Gasteiger partial charge >= 0.3 is 0 Å². The van der Waals surface area contributed by atoms with Crippen LogP contribution in [-0.2, 0) is 11.3 Å². The number of anilines is 1. The Morgan fingerprint density at radius 2 is 1.70 bits per heavy atom. The van der Waals surface area contributed by atoms with Crippen molar-refractivity contribution in [1.82, 2.24) is 9.47 Å². The second kappa shape index (κ2) is 8.20. The third kappa shape index (κ3) is 4.02. The third-order valence-corrected chi connectivity index (χ3v) is 5.74. The van der Waals surface area contributed by atoms with Crippen LogP contribution in [0.2, 0.25) is 0 Å². The number of carbonyl (C=O) groups excluding carboxylic acids is 2. The summed E-state index contributed by atoms with van der Waals surface area (Å²) in [7, 11) is 3.97. The Balaban J connectivity index is 1.57. The SMILES string of the molecule is CN(C)c1ccc(-n2cccc2/C=C2\SC(=O)N(Cc3ccc(F)cc3)C2=O)cc1. The van der Waals surface area contributed by atoms with Crippen LogP contribution in [0.15, 0.2) is 71.8 Å². The number of nitrogens with zero attached hydrogens (tertiary/aromatic N) is 3. The summed E-state index contributed by atoms with van der Waals surface area (Å²) in [5, 5.41) is -0.330. The summed E-state index contributed by atoms with van der Waals surface area (Å²) >= 11 is 0.917. The van der Waals surface area contributed by atoms with Gasteiger partial charge in [0.15, 0.2) is 0 Å². The molecule has 0 aliphatic carbocycles. The second-order valence-electron chi connectivity index (χ2n) is 7.11. The van der Waals surface area contributed by atoms with Crippen molar-refractivity contribution >= 4 is 34.7 Å². The van der Waals surface area contributed by atoms with Crippen molar-refractivity contribution in [3.63, 3.8) is 0 Å². The Labute approximate surface area is 178 Å². The van der Waals surface area contributed by atoms with E-state index in [2.05, 4.69) is 0 Å². The molecule has 1 aliphatic heterocycles. The number of benzene rings is 2. The number of halogens is 1. The zero-order chi connectivity index (χ0) is 21.3. The van der Waals surface area contributed by atoms with Gasteiger partial charge in [0.1, 0.15) is 5.82 Å². The minimum atomic E-state index is -0.354. The molecule has 5 nitrogen and oxygen atoms in total. The van der Waals surface area contributed by atoms with Gasteiger partial charge in [0.2, 0.25) is 0 Å². The van der Waals surface area contributed by atoms with Crippen LogP contribution in [0.3, 0.4) is 0 Å². The van der Waals surface area contributed by atoms with Crippen LogP contribution in [0.1, 0.15) is 11.3 Å². The van der Waals surface area contributed by atoms with E-state index in [0.29, 0.717) is 10.5 Å². The molecule has 0 bridgehead atoms. The number of carbonyl (C=O) groups is 2. The molecule has 4 rings (SSSR count). The van der Waals surface area contributed by atoms with Crippen molar-refractivity contribution in [2.45, 2.75) is 6.54 Å². The average molecular weight is 421 g/mol. The number of hydrogen-bond acceptors (Lipinski definition) is 4. The van der Waals surface area contributed by atoms with Gasteiger partial charge in [-0.25, -0.2) is 4.39 Å². The molecule has 30 heavy (non-hydrogen) atoms. The minimum Gasteiger partial charge on any atom is -0.378 e. The zero-order valence-corrected chi connectivity index (χ0v) is 17.4. The first-order valence-electron chi connectivity index (χ1n) is 9.37. The van der Waals surface area contributed by atoms with Crippen LogP contribution in [0.5, 0.6) is 0 Å². The lowest BCUT2D eigenvalue weighted by Gasteiger charge is -2.14. The number of amides is 2.